The molecule has 2 aromatic carbocycles. The van der Waals surface area contributed by atoms with Crippen LogP contribution in [0.3, 0.4) is 0 Å². The lowest BCUT2D eigenvalue weighted by molar-refractivity contribution is 0.0945. The molecule has 0 aliphatic carbocycles. The molecule has 0 saturated heterocycles. The molecule has 2 aromatic rings. The molecule has 8 heteroatoms. The van der Waals surface area contributed by atoms with Crippen LogP contribution in [0, 0.1) is 0 Å². The fraction of sp³-hybridized carbons (Fsp3) is 0.0714. The Hall–Kier alpha value is -2.09. The number of methoxy groups -OCH3 is 1. The van der Waals surface area contributed by atoms with Crippen molar-refractivity contribution >= 4 is 27.5 Å². The third kappa shape index (κ3) is 3.76. The van der Waals surface area contributed by atoms with Gasteiger partial charge in [-0.05, 0) is 36.4 Å². The average molecular weight is 341 g/mol. The van der Waals surface area contributed by atoms with Crippen LogP contribution in [0.25, 0.3) is 0 Å². The van der Waals surface area contributed by atoms with Crippen molar-refractivity contribution in [3.8, 4) is 5.75 Å². The number of ether oxygens (including phenoxy) is 1. The Labute approximate surface area is 133 Å². The van der Waals surface area contributed by atoms with Crippen molar-refractivity contribution in [1.29, 1.82) is 0 Å². The number of nitrogens with one attached hydrogen (secondary N) is 2. The number of carbonyl (C=O) groups excluding carboxylic acids is 1. The molecular weight excluding hydrogens is 328 g/mol. The Bertz CT molecular complexity index is 776. The van der Waals surface area contributed by atoms with Crippen molar-refractivity contribution in [2.45, 2.75) is 4.90 Å². The van der Waals surface area contributed by atoms with Crippen LogP contribution in [0.15, 0.2) is 53.4 Å². The summed E-state index contributed by atoms with van der Waals surface area (Å²) >= 11 is 5.87. The van der Waals surface area contributed by atoms with Gasteiger partial charge in [-0.25, -0.2) is 8.42 Å². The molecule has 0 atom stereocenters. The minimum atomic E-state index is -3.88. The average Bonchev–Trinajstić information content (AvgIpc) is 2.53. The van der Waals surface area contributed by atoms with Crippen molar-refractivity contribution < 1.29 is 17.9 Å². The van der Waals surface area contributed by atoms with Crippen molar-refractivity contribution in [3.05, 3.63) is 59.1 Å². The molecule has 2 rings (SSSR count). The zero-order valence-electron chi connectivity index (χ0n) is 11.5. The molecule has 1 amide bonds. The summed E-state index contributed by atoms with van der Waals surface area (Å²) in [5.41, 5.74) is 2.28. The molecule has 0 bridgehead atoms. The molecule has 0 radical (unpaired) electrons. The lowest BCUT2D eigenvalue weighted by Crippen LogP contribution is -2.41. The summed E-state index contributed by atoms with van der Waals surface area (Å²) in [6.07, 6.45) is 0. The van der Waals surface area contributed by atoms with Crippen molar-refractivity contribution in [3.63, 3.8) is 0 Å². The smallest absolute Gasteiger partial charge is 0.267 e. The van der Waals surface area contributed by atoms with E-state index in [-0.39, 0.29) is 15.5 Å². The molecule has 22 heavy (non-hydrogen) atoms. The van der Waals surface area contributed by atoms with E-state index in [0.717, 1.165) is 0 Å². The first-order valence-corrected chi connectivity index (χ1v) is 8.01. The van der Waals surface area contributed by atoms with E-state index in [9.17, 15) is 13.2 Å². The van der Waals surface area contributed by atoms with Gasteiger partial charge in [0.15, 0.2) is 0 Å². The zero-order valence-corrected chi connectivity index (χ0v) is 13.1. The number of benzene rings is 2. The largest absolute Gasteiger partial charge is 0.497 e. The Morgan fingerprint density at radius 1 is 1.09 bits per heavy atom. The molecule has 0 fully saturated rings. The first kappa shape index (κ1) is 16.3. The van der Waals surface area contributed by atoms with E-state index in [0.29, 0.717) is 5.75 Å². The Balaban J connectivity index is 2.09. The zero-order chi connectivity index (χ0) is 16.2. The summed E-state index contributed by atoms with van der Waals surface area (Å²) < 4.78 is 29.1. The van der Waals surface area contributed by atoms with Crippen LogP contribution in [0.2, 0.25) is 5.02 Å². The number of amides is 1. The van der Waals surface area contributed by atoms with Gasteiger partial charge >= 0.3 is 0 Å². The molecule has 6 nitrogen and oxygen atoms in total. The van der Waals surface area contributed by atoms with E-state index in [4.69, 9.17) is 16.3 Å². The second-order valence-electron chi connectivity index (χ2n) is 4.21. The van der Waals surface area contributed by atoms with E-state index in [2.05, 4.69) is 5.43 Å². The van der Waals surface area contributed by atoms with Gasteiger partial charge in [0, 0.05) is 0 Å². The second kappa shape index (κ2) is 6.78. The van der Waals surface area contributed by atoms with Gasteiger partial charge in [0.2, 0.25) is 0 Å². The maximum atomic E-state index is 12.1. The summed E-state index contributed by atoms with van der Waals surface area (Å²) in [4.78, 5) is 13.9. The molecular formula is C14H13ClN2O4S. The molecule has 2 N–H and O–H groups in total. The quantitative estimate of drug-likeness (QED) is 0.815. The fourth-order valence-corrected chi connectivity index (χ4v) is 2.70. The van der Waals surface area contributed by atoms with Crippen molar-refractivity contribution in [1.82, 2.24) is 10.3 Å². The number of halogens is 1. The number of hydrogen-bond donors (Lipinski definition) is 2. The Morgan fingerprint density at radius 2 is 1.73 bits per heavy atom. The monoisotopic (exact) mass is 340 g/mol. The predicted molar refractivity (Wildman–Crippen MR) is 82.2 cm³/mol. The SMILES string of the molecule is COc1ccc(S(=O)(=O)NNC(=O)c2ccccc2Cl)cc1. The lowest BCUT2D eigenvalue weighted by Gasteiger charge is -2.09. The third-order valence-corrected chi connectivity index (χ3v) is 4.38. The summed E-state index contributed by atoms with van der Waals surface area (Å²) in [6, 6.07) is 12.0. The predicted octanol–water partition coefficient (Wildman–Crippen LogP) is 1.97. The summed E-state index contributed by atoms with van der Waals surface area (Å²) in [7, 11) is -2.40. The topological polar surface area (TPSA) is 84.5 Å². The van der Waals surface area contributed by atoms with E-state index in [1.165, 1.54) is 43.5 Å². The van der Waals surface area contributed by atoms with Gasteiger partial charge in [0.25, 0.3) is 15.9 Å². The molecule has 0 saturated carbocycles. The molecule has 0 heterocycles. The standard InChI is InChI=1S/C14H13ClN2O4S/c1-21-10-6-8-11(9-7-10)22(19,20)17-16-14(18)12-4-2-3-5-13(12)15/h2-9,17H,1H3,(H,16,18). The van der Waals surface area contributed by atoms with Gasteiger partial charge in [-0.3, -0.25) is 10.2 Å². The minimum Gasteiger partial charge on any atom is -0.497 e. The van der Waals surface area contributed by atoms with Gasteiger partial charge in [0.05, 0.1) is 22.6 Å². The summed E-state index contributed by atoms with van der Waals surface area (Å²) in [6.45, 7) is 0. The van der Waals surface area contributed by atoms with E-state index in [1.54, 1.807) is 12.1 Å². The van der Waals surface area contributed by atoms with Gasteiger partial charge < -0.3 is 4.74 Å². The summed E-state index contributed by atoms with van der Waals surface area (Å²) in [5.74, 6) is -0.123. The first-order valence-electron chi connectivity index (χ1n) is 6.15. The maximum Gasteiger partial charge on any atom is 0.267 e. The van der Waals surface area contributed by atoms with E-state index < -0.39 is 15.9 Å². The molecule has 116 valence electrons. The van der Waals surface area contributed by atoms with Crippen LogP contribution in [0.4, 0.5) is 0 Å². The molecule has 0 spiro atoms. The van der Waals surface area contributed by atoms with Crippen LogP contribution < -0.4 is 15.0 Å². The highest BCUT2D eigenvalue weighted by molar-refractivity contribution is 7.89. The highest BCUT2D eigenvalue weighted by atomic mass is 35.5. The highest BCUT2D eigenvalue weighted by Gasteiger charge is 2.16. The van der Waals surface area contributed by atoms with E-state index in [1.807, 2.05) is 4.83 Å². The van der Waals surface area contributed by atoms with Gasteiger partial charge in [0.1, 0.15) is 5.75 Å². The van der Waals surface area contributed by atoms with Gasteiger partial charge in [-0.1, -0.05) is 23.7 Å². The first-order chi connectivity index (χ1) is 10.4. The van der Waals surface area contributed by atoms with Crippen LogP contribution >= 0.6 is 11.6 Å². The highest BCUT2D eigenvalue weighted by Crippen LogP contribution is 2.16. The van der Waals surface area contributed by atoms with Gasteiger partial charge in [-0.15, -0.1) is 4.83 Å². The van der Waals surface area contributed by atoms with Crippen LogP contribution in [0.1, 0.15) is 10.4 Å². The van der Waals surface area contributed by atoms with Crippen molar-refractivity contribution in [2.24, 2.45) is 0 Å². The normalized spacial score (nSPS) is 11.0. The van der Waals surface area contributed by atoms with Crippen molar-refractivity contribution in [2.75, 3.05) is 7.11 Å². The van der Waals surface area contributed by atoms with Gasteiger partial charge in [-0.2, -0.15) is 0 Å². The number of sulfonamides is 1. The third-order valence-electron chi connectivity index (χ3n) is 2.79. The minimum absolute atomic E-state index is 0.00670. The fourth-order valence-electron chi connectivity index (χ4n) is 1.64. The van der Waals surface area contributed by atoms with Crippen LogP contribution in [0.5, 0.6) is 5.75 Å². The number of hydrogen-bond acceptors (Lipinski definition) is 4. The molecule has 0 aromatic heterocycles. The maximum absolute atomic E-state index is 12.1. The van der Waals surface area contributed by atoms with Crippen LogP contribution in [-0.4, -0.2) is 21.4 Å². The molecule has 0 unspecified atom stereocenters. The Kier molecular flexibility index (Phi) is 5.02. The number of rotatable bonds is 5. The molecule has 0 aliphatic heterocycles. The second-order valence-corrected chi connectivity index (χ2v) is 6.30. The number of hydrazine groups is 1. The van der Waals surface area contributed by atoms with Crippen LogP contribution in [-0.2, 0) is 10.0 Å². The lowest BCUT2D eigenvalue weighted by atomic mass is 10.2. The summed E-state index contributed by atoms with van der Waals surface area (Å²) in [5, 5.41) is 0.226. The van der Waals surface area contributed by atoms with E-state index >= 15 is 0 Å². The Morgan fingerprint density at radius 3 is 2.32 bits per heavy atom. The molecule has 0 aliphatic rings. The number of carbonyl (C=O) groups is 1.